The molecule has 1 rings (SSSR count). The molecule has 0 radical (unpaired) electrons. The normalized spacial score (nSPS) is 12.3. The number of hydrogen-bond donors (Lipinski definition) is 2. The summed E-state index contributed by atoms with van der Waals surface area (Å²) in [6.07, 6.45) is 4.32. The van der Waals surface area contributed by atoms with Crippen molar-refractivity contribution in [2.75, 3.05) is 17.2 Å². The molecule has 0 saturated heterocycles. The lowest BCUT2D eigenvalue weighted by atomic mass is 10.1. The molecule has 0 aromatic carbocycles. The molecule has 0 fully saturated rings. The zero-order valence-corrected chi connectivity index (χ0v) is 13.9. The van der Waals surface area contributed by atoms with Crippen molar-refractivity contribution in [3.05, 3.63) is 0 Å². The van der Waals surface area contributed by atoms with E-state index in [1.165, 1.54) is 0 Å². The van der Waals surface area contributed by atoms with E-state index >= 15 is 0 Å². The fourth-order valence-corrected chi connectivity index (χ4v) is 1.91. The molecule has 1 atom stereocenters. The highest BCUT2D eigenvalue weighted by molar-refractivity contribution is 5.36. The van der Waals surface area contributed by atoms with Crippen molar-refractivity contribution in [2.45, 2.75) is 72.4 Å². The Morgan fingerprint density at radius 3 is 2.29 bits per heavy atom. The van der Waals surface area contributed by atoms with E-state index in [4.69, 9.17) is 4.74 Å². The van der Waals surface area contributed by atoms with Gasteiger partial charge in [0.25, 0.3) is 0 Å². The first-order chi connectivity index (χ1) is 10.1. The smallest absolute Gasteiger partial charge is 0.323 e. The third kappa shape index (κ3) is 6.60. The van der Waals surface area contributed by atoms with Crippen molar-refractivity contribution >= 4 is 11.9 Å². The summed E-state index contributed by atoms with van der Waals surface area (Å²) in [7, 11) is 0. The summed E-state index contributed by atoms with van der Waals surface area (Å²) in [5.74, 6) is 1.15. The van der Waals surface area contributed by atoms with Gasteiger partial charge in [0, 0.05) is 12.6 Å². The number of nitrogens with zero attached hydrogens (tertiary/aromatic N) is 3. The minimum atomic E-state index is 0.0388. The van der Waals surface area contributed by atoms with Crippen LogP contribution in [0.1, 0.15) is 60.3 Å². The predicted octanol–water partition coefficient (Wildman–Crippen LogP) is 3.47. The van der Waals surface area contributed by atoms with Gasteiger partial charge in [-0.25, -0.2) is 0 Å². The van der Waals surface area contributed by atoms with Crippen molar-refractivity contribution in [2.24, 2.45) is 0 Å². The first-order valence-corrected chi connectivity index (χ1v) is 8.02. The Balaban J connectivity index is 2.88. The van der Waals surface area contributed by atoms with E-state index in [1.54, 1.807) is 0 Å². The summed E-state index contributed by atoms with van der Waals surface area (Å²) >= 11 is 0. The molecule has 0 spiro atoms. The Bertz CT molecular complexity index is 411. The maximum atomic E-state index is 5.61. The highest BCUT2D eigenvalue weighted by atomic mass is 16.5. The minimum Gasteiger partial charge on any atom is -0.461 e. The third-order valence-corrected chi connectivity index (χ3v) is 2.95. The van der Waals surface area contributed by atoms with E-state index in [2.05, 4.69) is 46.4 Å². The number of rotatable bonds is 10. The van der Waals surface area contributed by atoms with E-state index in [-0.39, 0.29) is 6.10 Å². The highest BCUT2D eigenvalue weighted by Gasteiger charge is 2.12. The first kappa shape index (κ1) is 17.5. The van der Waals surface area contributed by atoms with Gasteiger partial charge in [-0.05, 0) is 33.1 Å². The highest BCUT2D eigenvalue weighted by Crippen LogP contribution is 2.15. The summed E-state index contributed by atoms with van der Waals surface area (Å²) in [5.41, 5.74) is 0. The van der Waals surface area contributed by atoms with Crippen LogP contribution in [-0.4, -0.2) is 33.6 Å². The van der Waals surface area contributed by atoms with Gasteiger partial charge in [0.05, 0.1) is 6.10 Å². The standard InChI is InChI=1S/C15H29N5O/c1-6-9-12(8-3)17-14-18-13(16-10-7-2)19-15(20-14)21-11(4)5/h11-12H,6-10H2,1-5H3,(H2,16,17,18,19,20). The monoisotopic (exact) mass is 295 g/mol. The van der Waals surface area contributed by atoms with Crippen LogP contribution >= 0.6 is 0 Å². The molecule has 2 N–H and O–H groups in total. The SMILES string of the molecule is CCCNc1nc(NC(CC)CCC)nc(OC(C)C)n1. The van der Waals surface area contributed by atoms with Crippen LogP contribution in [0.3, 0.4) is 0 Å². The second-order valence-electron chi connectivity index (χ2n) is 5.40. The molecular weight excluding hydrogens is 266 g/mol. The second-order valence-corrected chi connectivity index (χ2v) is 5.40. The molecule has 0 bridgehead atoms. The molecule has 6 nitrogen and oxygen atoms in total. The van der Waals surface area contributed by atoms with Gasteiger partial charge in [0.2, 0.25) is 11.9 Å². The molecule has 0 aliphatic carbocycles. The van der Waals surface area contributed by atoms with E-state index in [9.17, 15) is 0 Å². The molecule has 120 valence electrons. The number of anilines is 2. The summed E-state index contributed by atoms with van der Waals surface area (Å²) in [6.45, 7) is 11.2. The van der Waals surface area contributed by atoms with Crippen molar-refractivity contribution in [3.8, 4) is 6.01 Å². The number of nitrogens with one attached hydrogen (secondary N) is 2. The van der Waals surface area contributed by atoms with Gasteiger partial charge >= 0.3 is 6.01 Å². The number of ether oxygens (including phenoxy) is 1. The fraction of sp³-hybridized carbons (Fsp3) is 0.800. The molecule has 6 heteroatoms. The quantitative estimate of drug-likeness (QED) is 0.688. The minimum absolute atomic E-state index is 0.0388. The predicted molar refractivity (Wildman–Crippen MR) is 87.0 cm³/mol. The van der Waals surface area contributed by atoms with Gasteiger partial charge in [-0.3, -0.25) is 0 Å². The van der Waals surface area contributed by atoms with Crippen molar-refractivity contribution < 1.29 is 4.74 Å². The molecule has 0 aliphatic rings. The Morgan fingerprint density at radius 1 is 1.00 bits per heavy atom. The van der Waals surface area contributed by atoms with E-state index < -0.39 is 0 Å². The van der Waals surface area contributed by atoms with E-state index in [0.29, 0.717) is 23.9 Å². The largest absolute Gasteiger partial charge is 0.461 e. The molecule has 1 unspecified atom stereocenters. The van der Waals surface area contributed by atoms with Gasteiger partial charge in [0.15, 0.2) is 0 Å². The zero-order valence-electron chi connectivity index (χ0n) is 13.9. The average Bonchev–Trinajstić information content (AvgIpc) is 2.43. The maximum Gasteiger partial charge on any atom is 0.323 e. The molecule has 0 saturated carbocycles. The summed E-state index contributed by atoms with van der Waals surface area (Å²) in [5, 5.41) is 6.57. The van der Waals surface area contributed by atoms with Crippen LogP contribution in [0.5, 0.6) is 6.01 Å². The lowest BCUT2D eigenvalue weighted by molar-refractivity contribution is 0.222. The van der Waals surface area contributed by atoms with Crippen LogP contribution in [0, 0.1) is 0 Å². The zero-order chi connectivity index (χ0) is 15.7. The van der Waals surface area contributed by atoms with Crippen LogP contribution in [-0.2, 0) is 0 Å². The van der Waals surface area contributed by atoms with E-state index in [0.717, 1.165) is 32.2 Å². The van der Waals surface area contributed by atoms with Crippen LogP contribution in [0.25, 0.3) is 0 Å². The molecule has 21 heavy (non-hydrogen) atoms. The van der Waals surface area contributed by atoms with Gasteiger partial charge in [-0.2, -0.15) is 15.0 Å². The van der Waals surface area contributed by atoms with E-state index in [1.807, 2.05) is 13.8 Å². The van der Waals surface area contributed by atoms with Crippen LogP contribution in [0.15, 0.2) is 0 Å². The van der Waals surface area contributed by atoms with Crippen LogP contribution < -0.4 is 15.4 Å². The van der Waals surface area contributed by atoms with Crippen molar-refractivity contribution in [1.29, 1.82) is 0 Å². The Labute approximate surface area is 128 Å². The summed E-state index contributed by atoms with van der Waals surface area (Å²) in [6, 6.07) is 0.746. The second kappa shape index (κ2) is 9.37. The third-order valence-electron chi connectivity index (χ3n) is 2.95. The molecule has 1 aromatic rings. The van der Waals surface area contributed by atoms with Crippen molar-refractivity contribution in [3.63, 3.8) is 0 Å². The molecule has 0 aliphatic heterocycles. The maximum absolute atomic E-state index is 5.61. The summed E-state index contributed by atoms with van der Waals surface area (Å²) in [4.78, 5) is 13.1. The molecule has 1 heterocycles. The number of hydrogen-bond acceptors (Lipinski definition) is 6. The van der Waals surface area contributed by atoms with Crippen molar-refractivity contribution in [1.82, 2.24) is 15.0 Å². The Hall–Kier alpha value is -1.59. The van der Waals surface area contributed by atoms with Gasteiger partial charge < -0.3 is 15.4 Å². The Morgan fingerprint density at radius 2 is 1.71 bits per heavy atom. The van der Waals surface area contributed by atoms with Crippen LogP contribution in [0.2, 0.25) is 0 Å². The molecular formula is C15H29N5O. The van der Waals surface area contributed by atoms with Gasteiger partial charge in [-0.15, -0.1) is 0 Å². The number of aromatic nitrogens is 3. The van der Waals surface area contributed by atoms with Crippen LogP contribution in [0.4, 0.5) is 11.9 Å². The average molecular weight is 295 g/mol. The molecule has 1 aromatic heterocycles. The lowest BCUT2D eigenvalue weighted by Gasteiger charge is -2.17. The van der Waals surface area contributed by atoms with Gasteiger partial charge in [-0.1, -0.05) is 27.2 Å². The molecule has 0 amide bonds. The topological polar surface area (TPSA) is 72.0 Å². The summed E-state index contributed by atoms with van der Waals surface area (Å²) < 4.78 is 5.61. The lowest BCUT2D eigenvalue weighted by Crippen LogP contribution is -2.21. The first-order valence-electron chi connectivity index (χ1n) is 8.02. The Kier molecular flexibility index (Phi) is 7.79. The van der Waals surface area contributed by atoms with Gasteiger partial charge in [0.1, 0.15) is 0 Å². The fourth-order valence-electron chi connectivity index (χ4n) is 1.91.